The van der Waals surface area contributed by atoms with E-state index in [1.165, 1.54) is 13.2 Å². The van der Waals surface area contributed by atoms with Crippen molar-refractivity contribution < 1.29 is 19.7 Å². The topological polar surface area (TPSA) is 78.8 Å². The van der Waals surface area contributed by atoms with Gasteiger partial charge in [-0.05, 0) is 18.2 Å². The van der Waals surface area contributed by atoms with Crippen LogP contribution in [0.25, 0.3) is 0 Å². The molecule has 0 heterocycles. The minimum atomic E-state index is -0.882. The van der Waals surface area contributed by atoms with Crippen molar-refractivity contribution >= 4 is 23.3 Å². The molecule has 0 fully saturated rings. The molecule has 0 aliphatic rings. The van der Waals surface area contributed by atoms with E-state index >= 15 is 0 Å². The molecule has 0 saturated carbocycles. The highest BCUT2D eigenvalue weighted by molar-refractivity contribution is 6.33. The van der Waals surface area contributed by atoms with Gasteiger partial charge in [-0.1, -0.05) is 11.6 Å². The van der Waals surface area contributed by atoms with Gasteiger partial charge in [0.2, 0.25) is 0 Å². The van der Waals surface area contributed by atoms with Crippen LogP contribution in [0.4, 0.5) is 5.69 Å². The van der Waals surface area contributed by atoms with Gasteiger partial charge < -0.3 is 20.3 Å². The number of esters is 1. The second-order valence-electron chi connectivity index (χ2n) is 3.40. The summed E-state index contributed by atoms with van der Waals surface area (Å²) in [5, 5.41) is 21.1. The number of hydrogen-bond donors (Lipinski definition) is 3. The first-order valence-electron chi connectivity index (χ1n) is 4.99. The highest BCUT2D eigenvalue weighted by Crippen LogP contribution is 2.23. The van der Waals surface area contributed by atoms with Gasteiger partial charge in [0.1, 0.15) is 0 Å². The maximum Gasteiger partial charge on any atom is 0.337 e. The summed E-state index contributed by atoms with van der Waals surface area (Å²) in [6, 6.07) is 4.63. The van der Waals surface area contributed by atoms with Crippen LogP contribution in [0.5, 0.6) is 0 Å². The monoisotopic (exact) mass is 259 g/mol. The Hall–Kier alpha value is -1.30. The van der Waals surface area contributed by atoms with E-state index in [4.69, 9.17) is 16.7 Å². The molecule has 0 aliphatic heterocycles. The van der Waals surface area contributed by atoms with Crippen molar-refractivity contribution in [2.24, 2.45) is 0 Å². The fraction of sp³-hybridized carbons (Fsp3) is 0.364. The number of methoxy groups -OCH3 is 1. The van der Waals surface area contributed by atoms with Gasteiger partial charge in [0.15, 0.2) is 0 Å². The van der Waals surface area contributed by atoms with Crippen LogP contribution in [-0.2, 0) is 4.74 Å². The number of ether oxygens (including phenoxy) is 1. The summed E-state index contributed by atoms with van der Waals surface area (Å²) in [7, 11) is 1.29. The first-order chi connectivity index (χ1) is 8.08. The normalized spacial score (nSPS) is 12.0. The van der Waals surface area contributed by atoms with Gasteiger partial charge >= 0.3 is 5.97 Å². The van der Waals surface area contributed by atoms with Crippen molar-refractivity contribution in [1.29, 1.82) is 0 Å². The molecule has 1 rings (SSSR count). The summed E-state index contributed by atoms with van der Waals surface area (Å²) < 4.78 is 4.58. The summed E-state index contributed by atoms with van der Waals surface area (Å²) in [4.78, 5) is 11.3. The number of carbonyl (C=O) groups is 1. The quantitative estimate of drug-likeness (QED) is 0.685. The molecule has 0 saturated heterocycles. The van der Waals surface area contributed by atoms with Crippen molar-refractivity contribution in [2.75, 3.05) is 25.6 Å². The highest BCUT2D eigenvalue weighted by Gasteiger charge is 2.09. The summed E-state index contributed by atoms with van der Waals surface area (Å²) >= 11 is 5.91. The predicted octanol–water partition coefficient (Wildman–Crippen LogP) is 0.892. The van der Waals surface area contributed by atoms with E-state index in [1.54, 1.807) is 12.1 Å². The van der Waals surface area contributed by atoms with Gasteiger partial charge in [-0.25, -0.2) is 4.79 Å². The maximum absolute atomic E-state index is 11.3. The molecule has 0 aromatic heterocycles. The fourth-order valence-corrected chi connectivity index (χ4v) is 1.38. The second kappa shape index (κ2) is 6.44. The zero-order valence-corrected chi connectivity index (χ0v) is 10.1. The lowest BCUT2D eigenvalue weighted by molar-refractivity contribution is 0.0601. The van der Waals surface area contributed by atoms with Crippen LogP contribution in [0, 0.1) is 0 Å². The smallest absolute Gasteiger partial charge is 0.337 e. The van der Waals surface area contributed by atoms with Crippen molar-refractivity contribution in [2.45, 2.75) is 6.10 Å². The molecule has 0 aliphatic carbocycles. The van der Waals surface area contributed by atoms with Crippen LogP contribution in [0.3, 0.4) is 0 Å². The third-order valence-corrected chi connectivity index (χ3v) is 2.46. The molecule has 17 heavy (non-hydrogen) atoms. The zero-order chi connectivity index (χ0) is 12.8. The second-order valence-corrected chi connectivity index (χ2v) is 3.81. The molecular weight excluding hydrogens is 246 g/mol. The Morgan fingerprint density at radius 2 is 2.29 bits per heavy atom. The van der Waals surface area contributed by atoms with E-state index in [2.05, 4.69) is 10.1 Å². The lowest BCUT2D eigenvalue weighted by atomic mass is 10.2. The number of aliphatic hydroxyl groups is 2. The summed E-state index contributed by atoms with van der Waals surface area (Å²) in [5.41, 5.74) is 0.861. The van der Waals surface area contributed by atoms with E-state index in [0.29, 0.717) is 16.3 Å². The number of nitrogens with one attached hydrogen (secondary N) is 1. The van der Waals surface area contributed by atoms with Gasteiger partial charge in [-0.3, -0.25) is 0 Å². The van der Waals surface area contributed by atoms with Crippen LogP contribution in [0.1, 0.15) is 10.4 Å². The van der Waals surface area contributed by atoms with Crippen LogP contribution in [-0.4, -0.2) is 42.5 Å². The van der Waals surface area contributed by atoms with Crippen LogP contribution in [0.15, 0.2) is 18.2 Å². The number of carbonyl (C=O) groups excluding carboxylic acids is 1. The third-order valence-electron chi connectivity index (χ3n) is 2.13. The number of rotatable bonds is 5. The number of halogens is 1. The number of hydrogen-bond acceptors (Lipinski definition) is 5. The Labute approximate surface area is 104 Å². The van der Waals surface area contributed by atoms with Crippen molar-refractivity contribution in [3.05, 3.63) is 28.8 Å². The Morgan fingerprint density at radius 3 is 2.88 bits per heavy atom. The number of anilines is 1. The average molecular weight is 260 g/mol. The molecule has 0 radical (unpaired) electrons. The fourth-order valence-electron chi connectivity index (χ4n) is 1.20. The maximum atomic E-state index is 11.3. The van der Waals surface area contributed by atoms with Crippen LogP contribution >= 0.6 is 11.6 Å². The molecule has 1 atom stereocenters. The van der Waals surface area contributed by atoms with Crippen molar-refractivity contribution in [3.8, 4) is 0 Å². The van der Waals surface area contributed by atoms with Crippen molar-refractivity contribution in [1.82, 2.24) is 0 Å². The van der Waals surface area contributed by atoms with E-state index < -0.39 is 12.1 Å². The molecule has 1 unspecified atom stereocenters. The standard InChI is InChI=1S/C11H14ClNO4/c1-17-11(16)7-2-3-9(12)10(4-7)13-5-8(15)6-14/h2-4,8,13-15H,5-6H2,1H3. The summed E-state index contributed by atoms with van der Waals surface area (Å²) in [5.74, 6) is -0.465. The number of aliphatic hydroxyl groups excluding tert-OH is 2. The van der Waals surface area contributed by atoms with E-state index in [0.717, 1.165) is 0 Å². The minimum Gasteiger partial charge on any atom is -0.465 e. The van der Waals surface area contributed by atoms with Gasteiger partial charge in [-0.15, -0.1) is 0 Å². The largest absolute Gasteiger partial charge is 0.465 e. The molecule has 0 amide bonds. The van der Waals surface area contributed by atoms with Crippen LogP contribution < -0.4 is 5.32 Å². The van der Waals surface area contributed by atoms with Crippen LogP contribution in [0.2, 0.25) is 5.02 Å². The lowest BCUT2D eigenvalue weighted by Gasteiger charge is -2.12. The Morgan fingerprint density at radius 1 is 1.59 bits per heavy atom. The first kappa shape index (κ1) is 13.8. The number of benzene rings is 1. The molecule has 6 heteroatoms. The zero-order valence-electron chi connectivity index (χ0n) is 9.31. The first-order valence-corrected chi connectivity index (χ1v) is 5.37. The molecular formula is C11H14ClNO4. The van der Waals surface area contributed by atoms with Gasteiger partial charge in [0.05, 0.1) is 36.1 Å². The van der Waals surface area contributed by atoms with E-state index in [9.17, 15) is 9.90 Å². The van der Waals surface area contributed by atoms with Gasteiger partial charge in [0.25, 0.3) is 0 Å². The molecule has 0 bridgehead atoms. The van der Waals surface area contributed by atoms with E-state index in [1.807, 2.05) is 0 Å². The molecule has 94 valence electrons. The Kier molecular flexibility index (Phi) is 5.21. The minimum absolute atomic E-state index is 0.140. The van der Waals surface area contributed by atoms with Crippen molar-refractivity contribution in [3.63, 3.8) is 0 Å². The SMILES string of the molecule is COC(=O)c1ccc(Cl)c(NCC(O)CO)c1. The van der Waals surface area contributed by atoms with Gasteiger partial charge in [0, 0.05) is 6.54 Å². The summed E-state index contributed by atoms with van der Waals surface area (Å²) in [6.07, 6.45) is -0.882. The Balaban J connectivity index is 2.80. The molecule has 3 N–H and O–H groups in total. The summed E-state index contributed by atoms with van der Waals surface area (Å²) in [6.45, 7) is -0.206. The third kappa shape index (κ3) is 3.89. The predicted molar refractivity (Wildman–Crippen MR) is 64.4 cm³/mol. The average Bonchev–Trinajstić information content (AvgIpc) is 2.36. The molecule has 5 nitrogen and oxygen atoms in total. The highest BCUT2D eigenvalue weighted by atomic mass is 35.5. The lowest BCUT2D eigenvalue weighted by Crippen LogP contribution is -2.23. The molecule has 0 spiro atoms. The van der Waals surface area contributed by atoms with Gasteiger partial charge in [-0.2, -0.15) is 0 Å². The molecule has 1 aromatic carbocycles. The Bertz CT molecular complexity index is 397. The van der Waals surface area contributed by atoms with E-state index in [-0.39, 0.29) is 13.2 Å². The molecule has 1 aromatic rings.